The summed E-state index contributed by atoms with van der Waals surface area (Å²) in [6.07, 6.45) is 3.14. The smallest absolute Gasteiger partial charge is 0.210 e. The summed E-state index contributed by atoms with van der Waals surface area (Å²) in [4.78, 5) is 2.24. The summed E-state index contributed by atoms with van der Waals surface area (Å²) in [7, 11) is -3.39. The zero-order valence-corrected chi connectivity index (χ0v) is 11.3. The highest BCUT2D eigenvalue weighted by Crippen LogP contribution is 2.20. The van der Waals surface area contributed by atoms with Gasteiger partial charge in [0.05, 0.1) is 5.75 Å². The molecule has 0 aliphatic carbocycles. The van der Waals surface area contributed by atoms with Crippen LogP contribution >= 0.6 is 0 Å². The van der Waals surface area contributed by atoms with Gasteiger partial charge < -0.3 is 0 Å². The molecule has 0 radical (unpaired) electrons. The van der Waals surface area contributed by atoms with Crippen molar-refractivity contribution in [2.45, 2.75) is 31.8 Å². The zero-order chi connectivity index (χ0) is 13.0. The molecule has 1 aliphatic heterocycles. The van der Waals surface area contributed by atoms with E-state index in [1.807, 2.05) is 18.2 Å². The number of likely N-dealkylation sites (tertiary alicyclic amines) is 1. The standard InChI is InChI=1S/C13H20N2O2S/c14-18(16,17)11-13-8-4-5-9-15(13)10-12-6-2-1-3-7-12/h1-3,6-7,13H,4-5,8-11H2,(H2,14,16,17). The van der Waals surface area contributed by atoms with Crippen molar-refractivity contribution in [2.75, 3.05) is 12.3 Å². The van der Waals surface area contributed by atoms with Gasteiger partial charge in [-0.1, -0.05) is 36.8 Å². The minimum absolute atomic E-state index is 0.0638. The summed E-state index contributed by atoms with van der Waals surface area (Å²) in [5.41, 5.74) is 1.22. The molecular formula is C13H20N2O2S. The maximum absolute atomic E-state index is 11.2. The number of hydrogen-bond acceptors (Lipinski definition) is 3. The van der Waals surface area contributed by atoms with Gasteiger partial charge in [-0.3, -0.25) is 4.90 Å². The molecule has 1 aliphatic rings. The Hall–Kier alpha value is -0.910. The number of hydrogen-bond donors (Lipinski definition) is 1. The first-order valence-electron chi connectivity index (χ1n) is 6.33. The molecule has 1 heterocycles. The second-order valence-corrected chi connectivity index (χ2v) is 6.59. The number of piperidine rings is 1. The molecule has 1 atom stereocenters. The fourth-order valence-electron chi connectivity index (χ4n) is 2.54. The Bertz CT molecular complexity index is 473. The summed E-state index contributed by atoms with van der Waals surface area (Å²) >= 11 is 0. The number of rotatable bonds is 4. The van der Waals surface area contributed by atoms with Gasteiger partial charge in [0, 0.05) is 12.6 Å². The van der Waals surface area contributed by atoms with E-state index in [9.17, 15) is 8.42 Å². The second-order valence-electron chi connectivity index (χ2n) is 4.94. The van der Waals surface area contributed by atoms with E-state index in [4.69, 9.17) is 5.14 Å². The third kappa shape index (κ3) is 4.08. The summed E-state index contributed by atoms with van der Waals surface area (Å²) in [5, 5.41) is 5.17. The Balaban J connectivity index is 2.04. The average molecular weight is 268 g/mol. The van der Waals surface area contributed by atoms with E-state index in [1.54, 1.807) is 0 Å². The first kappa shape index (κ1) is 13.5. The van der Waals surface area contributed by atoms with Crippen LogP contribution in [0.4, 0.5) is 0 Å². The molecule has 18 heavy (non-hydrogen) atoms. The number of nitrogens with zero attached hydrogens (tertiary/aromatic N) is 1. The van der Waals surface area contributed by atoms with Crippen LogP contribution in [-0.4, -0.2) is 31.7 Å². The van der Waals surface area contributed by atoms with Crippen molar-refractivity contribution in [3.63, 3.8) is 0 Å². The molecule has 0 amide bonds. The summed E-state index contributed by atoms with van der Waals surface area (Å²) in [5.74, 6) is 0.0693. The molecule has 0 spiro atoms. The van der Waals surface area contributed by atoms with E-state index in [1.165, 1.54) is 5.56 Å². The highest BCUT2D eigenvalue weighted by molar-refractivity contribution is 7.89. The predicted molar refractivity (Wildman–Crippen MR) is 72.5 cm³/mol. The minimum Gasteiger partial charge on any atom is -0.295 e. The third-order valence-electron chi connectivity index (χ3n) is 3.40. The van der Waals surface area contributed by atoms with Crippen molar-refractivity contribution < 1.29 is 8.42 Å². The molecule has 1 saturated heterocycles. The molecule has 1 aromatic rings. The normalized spacial score (nSPS) is 21.9. The van der Waals surface area contributed by atoms with Gasteiger partial charge in [0.2, 0.25) is 10.0 Å². The third-order valence-corrected chi connectivity index (χ3v) is 4.25. The van der Waals surface area contributed by atoms with Crippen LogP contribution in [0.5, 0.6) is 0 Å². The molecule has 0 aromatic heterocycles. The van der Waals surface area contributed by atoms with Crippen LogP contribution in [0.25, 0.3) is 0 Å². The molecule has 2 N–H and O–H groups in total. The van der Waals surface area contributed by atoms with E-state index in [-0.39, 0.29) is 11.8 Å². The van der Waals surface area contributed by atoms with Gasteiger partial charge in [0.1, 0.15) is 0 Å². The SMILES string of the molecule is NS(=O)(=O)CC1CCCCN1Cc1ccccc1. The van der Waals surface area contributed by atoms with Crippen LogP contribution in [0.15, 0.2) is 30.3 Å². The fraction of sp³-hybridized carbons (Fsp3) is 0.538. The maximum atomic E-state index is 11.2. The number of sulfonamides is 1. The van der Waals surface area contributed by atoms with Crippen molar-refractivity contribution >= 4 is 10.0 Å². The van der Waals surface area contributed by atoms with Crippen molar-refractivity contribution in [1.29, 1.82) is 0 Å². The van der Waals surface area contributed by atoms with Crippen LogP contribution in [0.3, 0.4) is 0 Å². The van der Waals surface area contributed by atoms with Gasteiger partial charge in [0.25, 0.3) is 0 Å². The van der Waals surface area contributed by atoms with Crippen LogP contribution in [0.2, 0.25) is 0 Å². The first-order valence-corrected chi connectivity index (χ1v) is 8.04. The van der Waals surface area contributed by atoms with Gasteiger partial charge in [-0.2, -0.15) is 0 Å². The monoisotopic (exact) mass is 268 g/mol. The summed E-state index contributed by atoms with van der Waals surface area (Å²) in [6.45, 7) is 1.76. The lowest BCUT2D eigenvalue weighted by molar-refractivity contribution is 0.154. The van der Waals surface area contributed by atoms with Gasteiger partial charge in [-0.05, 0) is 24.9 Å². The number of primary sulfonamides is 1. The Labute approximate surface area is 109 Å². The van der Waals surface area contributed by atoms with E-state index >= 15 is 0 Å². The molecule has 1 fully saturated rings. The van der Waals surface area contributed by atoms with E-state index in [0.717, 1.165) is 32.4 Å². The average Bonchev–Trinajstić information content (AvgIpc) is 2.31. The lowest BCUT2D eigenvalue weighted by Gasteiger charge is -2.35. The van der Waals surface area contributed by atoms with Gasteiger partial charge in [-0.15, -0.1) is 0 Å². The summed E-state index contributed by atoms with van der Waals surface area (Å²) < 4.78 is 22.5. The molecule has 4 nitrogen and oxygen atoms in total. The number of benzene rings is 1. The Kier molecular flexibility index (Phi) is 4.37. The van der Waals surface area contributed by atoms with Crippen LogP contribution in [0, 0.1) is 0 Å². The van der Waals surface area contributed by atoms with E-state index in [0.29, 0.717) is 0 Å². The molecule has 100 valence electrons. The molecule has 1 unspecified atom stereocenters. The van der Waals surface area contributed by atoms with Crippen LogP contribution < -0.4 is 5.14 Å². The fourth-order valence-corrected chi connectivity index (χ4v) is 3.46. The summed E-state index contributed by atoms with van der Waals surface area (Å²) in [6, 6.07) is 10.2. The second kappa shape index (κ2) is 5.82. The number of nitrogens with two attached hydrogens (primary N) is 1. The van der Waals surface area contributed by atoms with Crippen molar-refractivity contribution in [2.24, 2.45) is 5.14 Å². The lowest BCUT2D eigenvalue weighted by atomic mass is 10.0. The van der Waals surface area contributed by atoms with Gasteiger partial charge in [0.15, 0.2) is 0 Å². The molecule has 1 aromatic carbocycles. The molecule has 0 saturated carbocycles. The van der Waals surface area contributed by atoms with Gasteiger partial charge >= 0.3 is 0 Å². The lowest BCUT2D eigenvalue weighted by Crippen LogP contribution is -2.44. The molecule has 2 rings (SSSR count). The van der Waals surface area contributed by atoms with Crippen molar-refractivity contribution in [3.8, 4) is 0 Å². The van der Waals surface area contributed by atoms with Crippen LogP contribution in [-0.2, 0) is 16.6 Å². The topological polar surface area (TPSA) is 63.4 Å². The zero-order valence-electron chi connectivity index (χ0n) is 10.5. The molecule has 0 bridgehead atoms. The first-order chi connectivity index (χ1) is 8.54. The van der Waals surface area contributed by atoms with E-state index < -0.39 is 10.0 Å². The predicted octanol–water partition coefficient (Wildman–Crippen LogP) is 1.33. The van der Waals surface area contributed by atoms with Crippen molar-refractivity contribution in [3.05, 3.63) is 35.9 Å². The van der Waals surface area contributed by atoms with E-state index in [2.05, 4.69) is 17.0 Å². The Morgan fingerprint density at radius 3 is 2.61 bits per heavy atom. The maximum Gasteiger partial charge on any atom is 0.210 e. The van der Waals surface area contributed by atoms with Gasteiger partial charge in [-0.25, -0.2) is 13.6 Å². The van der Waals surface area contributed by atoms with Crippen LogP contribution in [0.1, 0.15) is 24.8 Å². The molecular weight excluding hydrogens is 248 g/mol. The quantitative estimate of drug-likeness (QED) is 0.896. The van der Waals surface area contributed by atoms with Crippen molar-refractivity contribution in [1.82, 2.24) is 4.90 Å². The highest BCUT2D eigenvalue weighted by atomic mass is 32.2. The minimum atomic E-state index is -3.39. The molecule has 5 heteroatoms. The highest BCUT2D eigenvalue weighted by Gasteiger charge is 2.25. The largest absolute Gasteiger partial charge is 0.295 e. The Morgan fingerprint density at radius 2 is 1.94 bits per heavy atom. The Morgan fingerprint density at radius 1 is 1.22 bits per heavy atom.